The molecular weight excluding hydrogens is 336 g/mol. The molecule has 25 heavy (non-hydrogen) atoms. The van der Waals surface area contributed by atoms with Crippen LogP contribution in [0.15, 0.2) is 52.7 Å². The summed E-state index contributed by atoms with van der Waals surface area (Å²) in [7, 11) is 0. The molecule has 0 aliphatic carbocycles. The van der Waals surface area contributed by atoms with Gasteiger partial charge in [-0.15, -0.1) is 0 Å². The molecule has 1 atom stereocenters. The van der Waals surface area contributed by atoms with Crippen LogP contribution in [-0.2, 0) is 6.42 Å². The van der Waals surface area contributed by atoms with Crippen LogP contribution < -0.4 is 0 Å². The lowest BCUT2D eigenvalue weighted by Crippen LogP contribution is -2.40. The highest BCUT2D eigenvalue weighted by Crippen LogP contribution is 2.37. The monoisotopic (exact) mass is 350 g/mol. The first-order chi connectivity index (χ1) is 12.3. The summed E-state index contributed by atoms with van der Waals surface area (Å²) < 4.78 is 10.1. The number of rotatable bonds is 2. The molecule has 7 heteroatoms. The zero-order valence-electron chi connectivity index (χ0n) is 13.2. The summed E-state index contributed by atoms with van der Waals surface area (Å²) in [4.78, 5) is 22.4. The Bertz CT molecular complexity index is 1020. The maximum atomic E-state index is 13.0. The number of aromatic amines is 1. The van der Waals surface area contributed by atoms with Gasteiger partial charge in [-0.2, -0.15) is 0 Å². The molecule has 1 aliphatic heterocycles. The Kier molecular flexibility index (Phi) is 3.21. The number of H-pyrrole nitrogens is 1. The molecule has 4 heterocycles. The molecule has 1 aromatic carbocycles. The summed E-state index contributed by atoms with van der Waals surface area (Å²) in [6.45, 7) is 0.592. The minimum absolute atomic E-state index is 0.0422. The van der Waals surface area contributed by atoms with Crippen molar-refractivity contribution in [1.29, 1.82) is 0 Å². The predicted molar refractivity (Wildman–Crippen MR) is 93.5 cm³/mol. The fraction of sp³-hybridized carbons (Fsp3) is 0.167. The molecule has 0 saturated heterocycles. The van der Waals surface area contributed by atoms with Gasteiger partial charge in [-0.05, 0) is 23.7 Å². The zero-order valence-corrected chi connectivity index (χ0v) is 14.0. The van der Waals surface area contributed by atoms with Crippen molar-refractivity contribution in [2.75, 3.05) is 6.54 Å². The van der Waals surface area contributed by atoms with E-state index < -0.39 is 0 Å². The second kappa shape index (κ2) is 5.56. The van der Waals surface area contributed by atoms with Gasteiger partial charge < -0.3 is 14.3 Å². The first kappa shape index (κ1) is 14.4. The SMILES string of the molecule is O=C(c1cnsc1)N1CCc2nc[nH]c2[C@H]1c1cc2ccccc2o1. The third kappa shape index (κ3) is 2.27. The molecule has 0 fully saturated rings. The summed E-state index contributed by atoms with van der Waals surface area (Å²) in [5, 5.41) is 2.80. The number of imidazole rings is 1. The van der Waals surface area contributed by atoms with Gasteiger partial charge in [0.2, 0.25) is 0 Å². The summed E-state index contributed by atoms with van der Waals surface area (Å²) in [5.41, 5.74) is 3.32. The molecule has 1 N–H and O–H groups in total. The first-order valence-electron chi connectivity index (χ1n) is 8.02. The Hall–Kier alpha value is -2.93. The quantitative estimate of drug-likeness (QED) is 0.601. The number of hydrogen-bond donors (Lipinski definition) is 1. The highest BCUT2D eigenvalue weighted by Gasteiger charge is 2.36. The smallest absolute Gasteiger partial charge is 0.257 e. The number of amides is 1. The van der Waals surface area contributed by atoms with Crippen LogP contribution in [-0.4, -0.2) is 31.7 Å². The minimum Gasteiger partial charge on any atom is -0.458 e. The molecule has 4 aromatic rings. The average Bonchev–Trinajstić information content (AvgIpc) is 3.39. The van der Waals surface area contributed by atoms with Crippen molar-refractivity contribution in [1.82, 2.24) is 19.2 Å². The largest absolute Gasteiger partial charge is 0.458 e. The number of benzene rings is 1. The summed E-state index contributed by atoms with van der Waals surface area (Å²) in [6.07, 6.45) is 4.02. The van der Waals surface area contributed by atoms with Crippen LogP contribution in [0, 0.1) is 0 Å². The molecule has 0 spiro atoms. The Morgan fingerprint density at radius 2 is 2.28 bits per heavy atom. The van der Waals surface area contributed by atoms with E-state index in [1.54, 1.807) is 17.9 Å². The lowest BCUT2D eigenvalue weighted by Gasteiger charge is -2.33. The van der Waals surface area contributed by atoms with Crippen LogP contribution >= 0.6 is 11.5 Å². The van der Waals surface area contributed by atoms with Gasteiger partial charge in [0.15, 0.2) is 0 Å². The number of fused-ring (bicyclic) bond motifs is 2. The van der Waals surface area contributed by atoms with Crippen LogP contribution in [0.2, 0.25) is 0 Å². The van der Waals surface area contributed by atoms with Crippen LogP contribution in [0.25, 0.3) is 11.0 Å². The van der Waals surface area contributed by atoms with Gasteiger partial charge in [-0.3, -0.25) is 4.79 Å². The van der Waals surface area contributed by atoms with Gasteiger partial charge in [-0.1, -0.05) is 18.2 Å². The summed E-state index contributed by atoms with van der Waals surface area (Å²) in [6, 6.07) is 9.55. The topological polar surface area (TPSA) is 75.0 Å². The number of nitrogens with one attached hydrogen (secondary N) is 1. The predicted octanol–water partition coefficient (Wildman–Crippen LogP) is 3.40. The highest BCUT2D eigenvalue weighted by atomic mass is 32.1. The fourth-order valence-electron chi connectivity index (χ4n) is 3.41. The zero-order chi connectivity index (χ0) is 16.8. The molecule has 6 nitrogen and oxygen atoms in total. The lowest BCUT2D eigenvalue weighted by molar-refractivity contribution is 0.0673. The molecular formula is C18H14N4O2S. The van der Waals surface area contributed by atoms with E-state index in [4.69, 9.17) is 4.42 Å². The number of nitrogens with zero attached hydrogens (tertiary/aromatic N) is 3. The van der Waals surface area contributed by atoms with Gasteiger partial charge in [0.05, 0.1) is 29.5 Å². The normalized spacial score (nSPS) is 17.0. The van der Waals surface area contributed by atoms with E-state index in [-0.39, 0.29) is 11.9 Å². The van der Waals surface area contributed by atoms with Gasteiger partial charge in [0, 0.05) is 23.7 Å². The van der Waals surface area contributed by atoms with Gasteiger partial charge >= 0.3 is 0 Å². The number of para-hydroxylation sites is 1. The average molecular weight is 350 g/mol. The second-order valence-corrected chi connectivity index (χ2v) is 6.67. The van der Waals surface area contributed by atoms with E-state index >= 15 is 0 Å². The van der Waals surface area contributed by atoms with Crippen LogP contribution in [0.3, 0.4) is 0 Å². The third-order valence-electron chi connectivity index (χ3n) is 4.58. The molecule has 124 valence electrons. The second-order valence-electron chi connectivity index (χ2n) is 6.01. The minimum atomic E-state index is -0.314. The summed E-state index contributed by atoms with van der Waals surface area (Å²) >= 11 is 1.28. The van der Waals surface area contributed by atoms with Crippen LogP contribution in [0.4, 0.5) is 0 Å². The van der Waals surface area contributed by atoms with E-state index in [0.717, 1.165) is 34.5 Å². The maximum absolute atomic E-state index is 13.0. The van der Waals surface area contributed by atoms with Gasteiger partial charge in [-0.25, -0.2) is 9.36 Å². The molecule has 1 amide bonds. The van der Waals surface area contributed by atoms with Crippen molar-refractivity contribution in [3.8, 4) is 0 Å². The molecule has 1 aliphatic rings. The van der Waals surface area contributed by atoms with Gasteiger partial charge in [0.1, 0.15) is 17.4 Å². The standard InChI is InChI=1S/C18H14N4O2S/c23-18(12-8-21-25-9-12)22-6-5-13-16(20-10-19-13)17(22)15-7-11-3-1-2-4-14(11)24-15/h1-4,7-10,17H,5-6H2,(H,19,20)/t17-/m1/s1. The third-order valence-corrected chi connectivity index (χ3v) is 5.17. The van der Waals surface area contributed by atoms with E-state index in [0.29, 0.717) is 12.1 Å². The fourth-order valence-corrected chi connectivity index (χ4v) is 3.92. The molecule has 0 bridgehead atoms. The van der Waals surface area contributed by atoms with Crippen LogP contribution in [0.5, 0.6) is 0 Å². The number of hydrogen-bond acceptors (Lipinski definition) is 5. The Morgan fingerprint density at radius 3 is 3.12 bits per heavy atom. The van der Waals surface area contributed by atoms with Crippen molar-refractivity contribution < 1.29 is 9.21 Å². The molecule has 3 aromatic heterocycles. The number of carbonyl (C=O) groups excluding carboxylic acids is 1. The molecule has 0 radical (unpaired) electrons. The van der Waals surface area contributed by atoms with Crippen molar-refractivity contribution in [3.63, 3.8) is 0 Å². The summed E-state index contributed by atoms with van der Waals surface area (Å²) in [5.74, 6) is 0.697. The number of carbonyl (C=O) groups is 1. The molecule has 5 rings (SSSR count). The van der Waals surface area contributed by atoms with Crippen molar-refractivity contribution in [2.24, 2.45) is 0 Å². The van der Waals surface area contributed by atoms with Crippen LogP contribution in [0.1, 0.15) is 33.5 Å². The highest BCUT2D eigenvalue weighted by molar-refractivity contribution is 7.03. The Balaban J connectivity index is 1.64. The van der Waals surface area contributed by atoms with E-state index in [9.17, 15) is 4.79 Å². The van der Waals surface area contributed by atoms with E-state index in [2.05, 4.69) is 14.3 Å². The molecule has 0 unspecified atom stereocenters. The van der Waals surface area contributed by atoms with Crippen molar-refractivity contribution >= 4 is 28.4 Å². The lowest BCUT2D eigenvalue weighted by atomic mass is 9.99. The number of aromatic nitrogens is 3. The van der Waals surface area contributed by atoms with Crippen molar-refractivity contribution in [2.45, 2.75) is 12.5 Å². The maximum Gasteiger partial charge on any atom is 0.257 e. The van der Waals surface area contributed by atoms with E-state index in [1.807, 2.05) is 35.2 Å². The Labute approximate surface area is 147 Å². The van der Waals surface area contributed by atoms with E-state index in [1.165, 1.54) is 11.5 Å². The van der Waals surface area contributed by atoms with Gasteiger partial charge in [0.25, 0.3) is 5.91 Å². The first-order valence-corrected chi connectivity index (χ1v) is 8.86. The number of furan rings is 1. The Morgan fingerprint density at radius 1 is 1.36 bits per heavy atom. The molecule has 0 saturated carbocycles. The van der Waals surface area contributed by atoms with Crippen molar-refractivity contribution in [3.05, 3.63) is 70.9 Å².